The average molecular weight is 545 g/mol. The maximum atomic E-state index is 9.81. The molecule has 24 heavy (non-hydrogen) atoms. The second kappa shape index (κ2) is 29.0. The van der Waals surface area contributed by atoms with E-state index in [1.807, 2.05) is 0 Å². The van der Waals surface area contributed by atoms with Crippen LogP contribution in [0.25, 0.3) is 0 Å². The number of esters is 2. The molecule has 0 amide bonds. The first-order valence-electron chi connectivity index (χ1n) is 5.45. The fourth-order valence-corrected chi connectivity index (χ4v) is 0.202. The summed E-state index contributed by atoms with van der Waals surface area (Å²) in [6.07, 6.45) is 0. The standard InChI is InChI=1S/C4H6O3.4C2H4O2.Pb/c1-3(5)7-4(2)6;4*1-2(3)4;/h1-2H3;4*1H3,(H,3,4);/p-4. The third kappa shape index (κ3) is 1900. The van der Waals surface area contributed by atoms with Gasteiger partial charge in [0, 0.05) is 65.0 Å². The van der Waals surface area contributed by atoms with E-state index in [4.69, 9.17) is 39.6 Å². The Morgan fingerprint density at radius 3 is 0.583 bits per heavy atom. The Balaban J connectivity index is -0.0000000429. The molecule has 11 nitrogen and oxygen atoms in total. The van der Waals surface area contributed by atoms with Gasteiger partial charge < -0.3 is 44.3 Å². The van der Waals surface area contributed by atoms with Crippen LogP contribution in [0.1, 0.15) is 41.5 Å². The summed E-state index contributed by atoms with van der Waals surface area (Å²) in [5.41, 5.74) is 0. The van der Waals surface area contributed by atoms with Gasteiger partial charge in [0.15, 0.2) is 0 Å². The minimum atomic E-state index is -1.08. The van der Waals surface area contributed by atoms with E-state index < -0.39 is 35.8 Å². The molecule has 0 bridgehead atoms. The van der Waals surface area contributed by atoms with Gasteiger partial charge in [-0.05, 0) is 27.7 Å². The SMILES string of the molecule is CC(=O)OC(C)=O.CC(=O)[O-].CC(=O)[O-].CC(=O)[O-].CC(=O)[O-].[Pb]. The summed E-state index contributed by atoms with van der Waals surface area (Å²) in [5.74, 6) is -5.46. The number of carboxylic acid groups (broad SMARTS) is 4. The van der Waals surface area contributed by atoms with Crippen LogP contribution < -0.4 is 20.4 Å². The Kier molecular flexibility index (Phi) is 45.8. The van der Waals surface area contributed by atoms with Crippen LogP contribution in [-0.2, 0) is 33.5 Å². The summed E-state index contributed by atoms with van der Waals surface area (Å²) in [6, 6.07) is 0. The smallest absolute Gasteiger partial charge is 0.310 e. The molecule has 0 aliphatic rings. The molecule has 0 aliphatic heterocycles. The number of hydrogen-bond donors (Lipinski definition) is 0. The topological polar surface area (TPSA) is 204 Å². The van der Waals surface area contributed by atoms with Gasteiger partial charge in [-0.3, -0.25) is 9.59 Å². The van der Waals surface area contributed by atoms with Crippen LogP contribution in [0.5, 0.6) is 0 Å². The predicted octanol–water partition coefficient (Wildman–Crippen LogP) is -5.26. The van der Waals surface area contributed by atoms with Crippen LogP contribution in [0.2, 0.25) is 0 Å². The molecule has 0 aromatic heterocycles. The third-order valence-electron chi connectivity index (χ3n) is 0.287. The van der Waals surface area contributed by atoms with Crippen molar-refractivity contribution in [3.63, 3.8) is 0 Å². The summed E-state index contributed by atoms with van der Waals surface area (Å²) in [5, 5.41) is 35.6. The van der Waals surface area contributed by atoms with Gasteiger partial charge in [-0.2, -0.15) is 0 Å². The van der Waals surface area contributed by atoms with E-state index in [0.29, 0.717) is 0 Å². The van der Waals surface area contributed by atoms with Crippen molar-refractivity contribution in [2.45, 2.75) is 41.5 Å². The van der Waals surface area contributed by atoms with Crippen LogP contribution in [0.15, 0.2) is 0 Å². The van der Waals surface area contributed by atoms with Crippen molar-refractivity contribution in [1.29, 1.82) is 0 Å². The predicted molar refractivity (Wildman–Crippen MR) is 70.9 cm³/mol. The first-order chi connectivity index (χ1) is 10.1. The van der Waals surface area contributed by atoms with Crippen molar-refractivity contribution >= 4 is 63.1 Å². The first-order valence-corrected chi connectivity index (χ1v) is 5.45. The number of carbonyl (C=O) groups is 6. The number of carboxylic acids is 4. The molecule has 12 heteroatoms. The molecule has 0 rings (SSSR count). The van der Waals surface area contributed by atoms with Crippen LogP contribution in [-0.4, -0.2) is 63.1 Å². The van der Waals surface area contributed by atoms with Crippen molar-refractivity contribution < 1.29 is 53.9 Å². The van der Waals surface area contributed by atoms with Crippen LogP contribution in [0, 0.1) is 0 Å². The average Bonchev–Trinajstić information content (AvgIpc) is 2.09. The van der Waals surface area contributed by atoms with E-state index in [0.717, 1.165) is 27.7 Å². The molecule has 0 aromatic carbocycles. The minimum Gasteiger partial charge on any atom is -0.550 e. The molecule has 0 spiro atoms. The van der Waals surface area contributed by atoms with Crippen LogP contribution in [0.4, 0.5) is 0 Å². The Hall–Kier alpha value is -2.06. The summed E-state index contributed by atoms with van der Waals surface area (Å²) in [7, 11) is 0. The fraction of sp³-hybridized carbons (Fsp3) is 0.500. The number of rotatable bonds is 0. The van der Waals surface area contributed by atoms with Crippen molar-refractivity contribution in [2.75, 3.05) is 0 Å². The van der Waals surface area contributed by atoms with E-state index in [1.54, 1.807) is 0 Å². The maximum Gasteiger partial charge on any atom is 0.310 e. The first kappa shape index (κ1) is 37.9. The molecule has 0 saturated carbocycles. The minimum absolute atomic E-state index is 0. The van der Waals surface area contributed by atoms with Gasteiger partial charge in [-0.25, -0.2) is 0 Å². The van der Waals surface area contributed by atoms with Crippen molar-refractivity contribution in [3.05, 3.63) is 0 Å². The largest absolute Gasteiger partial charge is 0.550 e. The molecule has 4 radical (unpaired) electrons. The monoisotopic (exact) mass is 546 g/mol. The van der Waals surface area contributed by atoms with E-state index in [2.05, 4.69) is 4.74 Å². The van der Waals surface area contributed by atoms with Gasteiger partial charge in [-0.15, -0.1) is 0 Å². The Morgan fingerprint density at radius 2 is 0.583 bits per heavy atom. The maximum absolute atomic E-state index is 9.81. The summed E-state index contributed by atoms with van der Waals surface area (Å²) in [4.78, 5) is 55.2. The summed E-state index contributed by atoms with van der Waals surface area (Å²) < 4.78 is 3.97. The molecular formula is C12H18O11Pb-4. The van der Waals surface area contributed by atoms with Gasteiger partial charge in [0.05, 0.1) is 0 Å². The normalized spacial score (nSPS) is 6.42. The molecule has 140 valence electrons. The van der Waals surface area contributed by atoms with Gasteiger partial charge in [-0.1, -0.05) is 0 Å². The Bertz CT molecular complexity index is 314. The fourth-order valence-electron chi connectivity index (χ4n) is 0.202. The molecule has 0 aliphatic carbocycles. The number of aliphatic carboxylic acids is 4. The van der Waals surface area contributed by atoms with Crippen molar-refractivity contribution in [1.82, 2.24) is 0 Å². The molecule has 0 fully saturated rings. The van der Waals surface area contributed by atoms with Crippen LogP contribution >= 0.6 is 0 Å². The van der Waals surface area contributed by atoms with E-state index in [9.17, 15) is 9.59 Å². The van der Waals surface area contributed by atoms with E-state index in [-0.39, 0.29) is 27.3 Å². The third-order valence-corrected chi connectivity index (χ3v) is 0.287. The summed E-state index contributed by atoms with van der Waals surface area (Å²) >= 11 is 0. The number of carbonyl (C=O) groups excluding carboxylic acids is 6. The van der Waals surface area contributed by atoms with Gasteiger partial charge >= 0.3 is 11.9 Å². The van der Waals surface area contributed by atoms with Gasteiger partial charge in [0.1, 0.15) is 0 Å². The number of hydrogen-bond acceptors (Lipinski definition) is 11. The van der Waals surface area contributed by atoms with E-state index in [1.165, 1.54) is 13.8 Å². The molecule has 0 heterocycles. The van der Waals surface area contributed by atoms with Gasteiger partial charge in [0.2, 0.25) is 0 Å². The molecule has 0 unspecified atom stereocenters. The molecule has 0 N–H and O–H groups in total. The van der Waals surface area contributed by atoms with Gasteiger partial charge in [0.25, 0.3) is 0 Å². The molecule has 0 atom stereocenters. The summed E-state index contributed by atoms with van der Waals surface area (Å²) in [6.45, 7) is 6.25. The molecule has 0 saturated heterocycles. The van der Waals surface area contributed by atoms with Crippen LogP contribution in [0.3, 0.4) is 0 Å². The van der Waals surface area contributed by atoms with Crippen molar-refractivity contribution in [2.24, 2.45) is 0 Å². The Morgan fingerprint density at radius 1 is 0.500 bits per heavy atom. The van der Waals surface area contributed by atoms with Crippen molar-refractivity contribution in [3.8, 4) is 0 Å². The quantitative estimate of drug-likeness (QED) is 0.160. The number of ether oxygens (including phenoxy) is 1. The second-order valence-corrected chi connectivity index (χ2v) is 3.05. The second-order valence-electron chi connectivity index (χ2n) is 3.05. The Labute approximate surface area is 158 Å². The molecular weight excluding hydrogens is 527 g/mol. The van der Waals surface area contributed by atoms with E-state index >= 15 is 0 Å². The zero-order chi connectivity index (χ0) is 20.2. The zero-order valence-electron chi connectivity index (χ0n) is 14.0. The molecule has 0 aromatic rings. The zero-order valence-corrected chi connectivity index (χ0v) is 17.9.